The summed E-state index contributed by atoms with van der Waals surface area (Å²) in [5, 5.41) is 9.03. The molecule has 0 radical (unpaired) electrons. The van der Waals surface area contributed by atoms with Crippen LogP contribution in [0.5, 0.6) is 5.75 Å². The summed E-state index contributed by atoms with van der Waals surface area (Å²) in [4.78, 5) is 18.4. The molecule has 0 unspecified atom stereocenters. The van der Waals surface area contributed by atoms with Crippen LogP contribution in [-0.2, 0) is 0 Å². The molecule has 0 aliphatic rings. The number of rotatable bonds is 3. The van der Waals surface area contributed by atoms with E-state index in [9.17, 15) is 9.18 Å². The highest BCUT2D eigenvalue weighted by Crippen LogP contribution is 2.33. The number of carboxylic acids is 1. The third kappa shape index (κ3) is 2.00. The maximum absolute atomic E-state index is 13.8. The number of halogens is 1. The van der Waals surface area contributed by atoms with E-state index < -0.39 is 11.8 Å². The van der Waals surface area contributed by atoms with Crippen LogP contribution in [0, 0.1) is 5.82 Å². The van der Waals surface area contributed by atoms with Crippen LogP contribution in [0.2, 0.25) is 0 Å². The number of carboxylic acid groups (broad SMARTS) is 1. The molecule has 5 nitrogen and oxygen atoms in total. The molecule has 0 aliphatic carbocycles. The minimum Gasteiger partial charge on any atom is -0.496 e. The number of hydrogen-bond donors (Lipinski definition) is 1. The number of nitrogens with zero attached hydrogens (tertiary/aromatic N) is 2. The standard InChI is InChI=1S/C12H9FN2O3/c1-18-9-4-2-3-8(13)10(9)7-5-14-6-15-11(7)12(16)17/h2-6H,1H3,(H,16,17). The van der Waals surface area contributed by atoms with Gasteiger partial charge in [0.15, 0.2) is 5.69 Å². The highest BCUT2D eigenvalue weighted by molar-refractivity contribution is 5.94. The Balaban J connectivity index is 2.73. The lowest BCUT2D eigenvalue weighted by atomic mass is 10.0. The van der Waals surface area contributed by atoms with E-state index in [1.807, 2.05) is 0 Å². The smallest absolute Gasteiger partial charge is 0.355 e. The molecule has 0 aliphatic heterocycles. The molecular weight excluding hydrogens is 239 g/mol. The lowest BCUT2D eigenvalue weighted by Gasteiger charge is -2.10. The summed E-state index contributed by atoms with van der Waals surface area (Å²) >= 11 is 0. The summed E-state index contributed by atoms with van der Waals surface area (Å²) in [6.45, 7) is 0. The number of methoxy groups -OCH3 is 1. The van der Waals surface area contributed by atoms with Crippen molar-refractivity contribution in [2.24, 2.45) is 0 Å². The third-order valence-electron chi connectivity index (χ3n) is 2.38. The second-order valence-electron chi connectivity index (χ2n) is 3.41. The molecule has 18 heavy (non-hydrogen) atoms. The van der Waals surface area contributed by atoms with Gasteiger partial charge in [-0.25, -0.2) is 19.2 Å². The zero-order valence-corrected chi connectivity index (χ0v) is 9.42. The Labute approximate surface area is 102 Å². The first-order valence-electron chi connectivity index (χ1n) is 5.01. The number of benzene rings is 1. The largest absolute Gasteiger partial charge is 0.496 e. The first-order chi connectivity index (χ1) is 8.65. The van der Waals surface area contributed by atoms with Gasteiger partial charge in [-0.3, -0.25) is 0 Å². The van der Waals surface area contributed by atoms with Crippen molar-refractivity contribution in [2.75, 3.05) is 7.11 Å². The Bertz CT molecular complexity index is 602. The van der Waals surface area contributed by atoms with Gasteiger partial charge in [0.25, 0.3) is 0 Å². The lowest BCUT2D eigenvalue weighted by molar-refractivity contribution is 0.0691. The van der Waals surface area contributed by atoms with Crippen molar-refractivity contribution in [1.29, 1.82) is 0 Å². The van der Waals surface area contributed by atoms with Crippen molar-refractivity contribution < 1.29 is 19.0 Å². The molecule has 0 fully saturated rings. The van der Waals surface area contributed by atoms with E-state index in [2.05, 4.69) is 9.97 Å². The van der Waals surface area contributed by atoms with Gasteiger partial charge in [-0.05, 0) is 12.1 Å². The topological polar surface area (TPSA) is 72.3 Å². The number of aromatic nitrogens is 2. The van der Waals surface area contributed by atoms with Crippen molar-refractivity contribution in [3.63, 3.8) is 0 Å². The highest BCUT2D eigenvalue weighted by Gasteiger charge is 2.19. The lowest BCUT2D eigenvalue weighted by Crippen LogP contribution is -2.05. The van der Waals surface area contributed by atoms with Crippen molar-refractivity contribution in [2.45, 2.75) is 0 Å². The summed E-state index contributed by atoms with van der Waals surface area (Å²) in [5.41, 5.74) is -0.147. The number of hydrogen-bond acceptors (Lipinski definition) is 4. The Morgan fingerprint density at radius 1 is 1.44 bits per heavy atom. The van der Waals surface area contributed by atoms with E-state index in [1.165, 1.54) is 31.5 Å². The molecular formula is C12H9FN2O3. The van der Waals surface area contributed by atoms with Crippen LogP contribution in [0.15, 0.2) is 30.7 Å². The van der Waals surface area contributed by atoms with Gasteiger partial charge in [0, 0.05) is 11.8 Å². The van der Waals surface area contributed by atoms with Gasteiger partial charge in [0.05, 0.1) is 12.7 Å². The van der Waals surface area contributed by atoms with Crippen LogP contribution >= 0.6 is 0 Å². The second kappa shape index (κ2) is 4.79. The van der Waals surface area contributed by atoms with Crippen molar-refractivity contribution in [3.05, 3.63) is 42.2 Å². The van der Waals surface area contributed by atoms with Gasteiger partial charge in [0.1, 0.15) is 17.9 Å². The maximum atomic E-state index is 13.8. The van der Waals surface area contributed by atoms with Gasteiger partial charge < -0.3 is 9.84 Å². The van der Waals surface area contributed by atoms with Crippen LogP contribution < -0.4 is 4.74 Å². The predicted molar refractivity (Wildman–Crippen MR) is 60.9 cm³/mol. The molecule has 1 aromatic heterocycles. The van der Waals surface area contributed by atoms with E-state index in [0.717, 1.165) is 6.33 Å². The van der Waals surface area contributed by atoms with E-state index in [1.54, 1.807) is 0 Å². The molecule has 6 heteroatoms. The van der Waals surface area contributed by atoms with Crippen LogP contribution in [-0.4, -0.2) is 28.2 Å². The van der Waals surface area contributed by atoms with Crippen LogP contribution in [0.4, 0.5) is 4.39 Å². The molecule has 0 bridgehead atoms. The Morgan fingerprint density at radius 3 is 2.89 bits per heavy atom. The van der Waals surface area contributed by atoms with Crippen LogP contribution in [0.25, 0.3) is 11.1 Å². The molecule has 2 rings (SSSR count). The van der Waals surface area contributed by atoms with Gasteiger partial charge >= 0.3 is 5.97 Å². The molecule has 0 saturated heterocycles. The average Bonchev–Trinajstić information content (AvgIpc) is 2.38. The second-order valence-corrected chi connectivity index (χ2v) is 3.41. The quantitative estimate of drug-likeness (QED) is 0.899. The average molecular weight is 248 g/mol. The zero-order valence-electron chi connectivity index (χ0n) is 9.42. The molecule has 1 N–H and O–H groups in total. The summed E-state index contributed by atoms with van der Waals surface area (Å²) in [5.74, 6) is -1.61. The summed E-state index contributed by atoms with van der Waals surface area (Å²) < 4.78 is 18.9. The van der Waals surface area contributed by atoms with Crippen molar-refractivity contribution >= 4 is 5.97 Å². The van der Waals surface area contributed by atoms with E-state index >= 15 is 0 Å². The molecule has 92 valence electrons. The van der Waals surface area contributed by atoms with Crippen LogP contribution in [0.1, 0.15) is 10.5 Å². The fraction of sp³-hybridized carbons (Fsp3) is 0.0833. The Kier molecular flexibility index (Phi) is 3.18. The van der Waals surface area contributed by atoms with E-state index in [4.69, 9.17) is 9.84 Å². The van der Waals surface area contributed by atoms with Gasteiger partial charge in [-0.15, -0.1) is 0 Å². The maximum Gasteiger partial charge on any atom is 0.355 e. The molecule has 0 amide bonds. The van der Waals surface area contributed by atoms with E-state index in [-0.39, 0.29) is 22.6 Å². The Hall–Kier alpha value is -2.50. The normalized spacial score (nSPS) is 10.1. The zero-order chi connectivity index (χ0) is 13.1. The first-order valence-corrected chi connectivity index (χ1v) is 5.01. The third-order valence-corrected chi connectivity index (χ3v) is 2.38. The number of carbonyl (C=O) groups is 1. The Morgan fingerprint density at radius 2 is 2.22 bits per heavy atom. The number of ether oxygens (including phenoxy) is 1. The molecule has 0 atom stereocenters. The first kappa shape index (κ1) is 12.0. The molecule has 1 heterocycles. The molecule has 0 saturated carbocycles. The SMILES string of the molecule is COc1cccc(F)c1-c1cncnc1C(=O)O. The fourth-order valence-corrected chi connectivity index (χ4v) is 1.62. The van der Waals surface area contributed by atoms with Gasteiger partial charge in [0.2, 0.25) is 0 Å². The minimum absolute atomic E-state index is 0.0398. The molecule has 2 aromatic rings. The minimum atomic E-state index is -1.25. The fourth-order valence-electron chi connectivity index (χ4n) is 1.62. The van der Waals surface area contributed by atoms with Gasteiger partial charge in [-0.2, -0.15) is 0 Å². The monoisotopic (exact) mass is 248 g/mol. The van der Waals surface area contributed by atoms with Gasteiger partial charge in [-0.1, -0.05) is 6.07 Å². The molecule has 1 aromatic carbocycles. The van der Waals surface area contributed by atoms with E-state index in [0.29, 0.717) is 0 Å². The molecule has 0 spiro atoms. The summed E-state index contributed by atoms with van der Waals surface area (Å²) in [6, 6.07) is 4.23. The van der Waals surface area contributed by atoms with Crippen LogP contribution in [0.3, 0.4) is 0 Å². The predicted octanol–water partition coefficient (Wildman–Crippen LogP) is 1.99. The highest BCUT2D eigenvalue weighted by atomic mass is 19.1. The summed E-state index contributed by atoms with van der Waals surface area (Å²) in [6.07, 6.45) is 2.34. The number of aromatic carboxylic acids is 1. The van der Waals surface area contributed by atoms with Crippen molar-refractivity contribution in [1.82, 2.24) is 9.97 Å². The van der Waals surface area contributed by atoms with Crippen molar-refractivity contribution in [3.8, 4) is 16.9 Å². The summed E-state index contributed by atoms with van der Waals surface area (Å²) in [7, 11) is 1.38.